The van der Waals surface area contributed by atoms with E-state index >= 15 is 0 Å². The van der Waals surface area contributed by atoms with E-state index in [2.05, 4.69) is 6.92 Å². The van der Waals surface area contributed by atoms with Crippen molar-refractivity contribution in [3.05, 3.63) is 18.0 Å². The Bertz CT molecular complexity index is 539. The molecule has 1 fully saturated rings. The summed E-state index contributed by atoms with van der Waals surface area (Å²) in [6.45, 7) is 3.43. The van der Waals surface area contributed by atoms with Gasteiger partial charge in [0.05, 0.1) is 5.88 Å². The molecule has 2 rings (SSSR count). The number of sulfonamides is 1. The van der Waals surface area contributed by atoms with Crippen molar-refractivity contribution in [2.75, 3.05) is 13.1 Å². The van der Waals surface area contributed by atoms with E-state index in [9.17, 15) is 8.42 Å². The molecule has 0 N–H and O–H groups in total. The lowest BCUT2D eigenvalue weighted by Gasteiger charge is -2.15. The second-order valence-corrected chi connectivity index (χ2v) is 7.42. The maximum absolute atomic E-state index is 12.5. The largest absolute Gasteiger partial charge is 0.352 e. The molecule has 19 heavy (non-hydrogen) atoms. The quantitative estimate of drug-likeness (QED) is 0.785. The van der Waals surface area contributed by atoms with Crippen LogP contribution in [0.25, 0.3) is 0 Å². The normalized spacial score (nSPS) is 21.1. The van der Waals surface area contributed by atoms with E-state index < -0.39 is 10.0 Å². The molecule has 0 aliphatic carbocycles. The van der Waals surface area contributed by atoms with Crippen LogP contribution >= 0.6 is 11.6 Å². The van der Waals surface area contributed by atoms with Crippen LogP contribution < -0.4 is 0 Å². The van der Waals surface area contributed by atoms with Crippen LogP contribution in [-0.4, -0.2) is 30.4 Å². The van der Waals surface area contributed by atoms with Crippen LogP contribution in [-0.2, 0) is 23.0 Å². The molecule has 1 unspecified atom stereocenters. The van der Waals surface area contributed by atoms with Crippen LogP contribution in [0.4, 0.5) is 0 Å². The minimum absolute atomic E-state index is 0.324. The highest BCUT2D eigenvalue weighted by molar-refractivity contribution is 7.89. The topological polar surface area (TPSA) is 42.3 Å². The molecule has 0 spiro atoms. The Kier molecular flexibility index (Phi) is 4.58. The molecule has 1 saturated heterocycles. The van der Waals surface area contributed by atoms with Crippen LogP contribution in [0, 0.1) is 5.92 Å². The van der Waals surface area contributed by atoms with E-state index in [0.717, 1.165) is 25.0 Å². The fourth-order valence-electron chi connectivity index (χ4n) is 2.66. The summed E-state index contributed by atoms with van der Waals surface area (Å²) < 4.78 is 28.5. The zero-order valence-corrected chi connectivity index (χ0v) is 13.0. The van der Waals surface area contributed by atoms with Gasteiger partial charge in [0.15, 0.2) is 0 Å². The molecule has 2 heterocycles. The highest BCUT2D eigenvalue weighted by Gasteiger charge is 2.32. The molecular weight excluding hydrogens is 284 g/mol. The molecule has 1 aromatic heterocycles. The molecule has 1 aliphatic heterocycles. The Morgan fingerprint density at radius 2 is 2.21 bits per heavy atom. The van der Waals surface area contributed by atoms with Gasteiger partial charge in [-0.2, -0.15) is 4.31 Å². The van der Waals surface area contributed by atoms with Crippen LogP contribution in [0.2, 0.25) is 0 Å². The van der Waals surface area contributed by atoms with Crippen molar-refractivity contribution in [1.29, 1.82) is 0 Å². The van der Waals surface area contributed by atoms with Gasteiger partial charge in [-0.15, -0.1) is 11.6 Å². The monoisotopic (exact) mass is 304 g/mol. The molecule has 4 nitrogen and oxygen atoms in total. The molecule has 1 atom stereocenters. The summed E-state index contributed by atoms with van der Waals surface area (Å²) in [6.07, 6.45) is 4.84. The average Bonchev–Trinajstić information content (AvgIpc) is 2.96. The SMILES string of the molecule is CCCC1CCN(S(=O)(=O)c2cc(CCl)n(C)c2)C1. The van der Waals surface area contributed by atoms with E-state index in [1.807, 2.05) is 7.05 Å². The Labute approximate surface area is 120 Å². The lowest BCUT2D eigenvalue weighted by Crippen LogP contribution is -2.28. The second kappa shape index (κ2) is 5.85. The van der Waals surface area contributed by atoms with Crippen molar-refractivity contribution in [3.63, 3.8) is 0 Å². The van der Waals surface area contributed by atoms with Crippen molar-refractivity contribution in [2.24, 2.45) is 13.0 Å². The fourth-order valence-corrected chi connectivity index (χ4v) is 4.55. The minimum atomic E-state index is -3.35. The van der Waals surface area contributed by atoms with Gasteiger partial charge in [0, 0.05) is 32.0 Å². The van der Waals surface area contributed by atoms with E-state index in [0.29, 0.717) is 29.8 Å². The average molecular weight is 305 g/mol. The van der Waals surface area contributed by atoms with Gasteiger partial charge in [-0.25, -0.2) is 8.42 Å². The third-order valence-electron chi connectivity index (χ3n) is 3.80. The van der Waals surface area contributed by atoms with Crippen LogP contribution in [0.5, 0.6) is 0 Å². The molecule has 0 saturated carbocycles. The predicted octanol–water partition coefficient (Wildman–Crippen LogP) is 2.57. The summed E-state index contributed by atoms with van der Waals surface area (Å²) in [5.41, 5.74) is 0.824. The van der Waals surface area contributed by atoms with E-state index in [1.165, 1.54) is 0 Å². The Hall–Kier alpha value is -0.520. The first-order valence-electron chi connectivity index (χ1n) is 6.70. The number of alkyl halides is 1. The van der Waals surface area contributed by atoms with Crippen molar-refractivity contribution >= 4 is 21.6 Å². The number of hydrogen-bond acceptors (Lipinski definition) is 2. The second-order valence-electron chi connectivity index (χ2n) is 5.22. The summed E-state index contributed by atoms with van der Waals surface area (Å²) in [5, 5.41) is 0. The number of nitrogens with zero attached hydrogens (tertiary/aromatic N) is 2. The minimum Gasteiger partial charge on any atom is -0.352 e. The Morgan fingerprint density at radius 1 is 1.47 bits per heavy atom. The molecular formula is C13H21ClN2O2S. The fraction of sp³-hybridized carbons (Fsp3) is 0.692. The summed E-state index contributed by atoms with van der Waals surface area (Å²) >= 11 is 5.79. The lowest BCUT2D eigenvalue weighted by atomic mass is 10.0. The van der Waals surface area contributed by atoms with Crippen molar-refractivity contribution in [2.45, 2.75) is 37.0 Å². The standard InChI is InChI=1S/C13H21ClN2O2S/c1-3-4-11-5-6-16(9-11)19(17,18)13-7-12(8-14)15(2)10-13/h7,10-11H,3-6,8-9H2,1-2H3. The first kappa shape index (κ1) is 14.9. The van der Waals surface area contributed by atoms with Gasteiger partial charge in [0.1, 0.15) is 4.90 Å². The maximum Gasteiger partial charge on any atom is 0.244 e. The van der Waals surface area contributed by atoms with Crippen LogP contribution in [0.1, 0.15) is 31.9 Å². The van der Waals surface area contributed by atoms with Crippen molar-refractivity contribution in [1.82, 2.24) is 8.87 Å². The van der Waals surface area contributed by atoms with E-state index in [4.69, 9.17) is 11.6 Å². The molecule has 0 radical (unpaired) electrons. The molecule has 1 aliphatic rings. The summed E-state index contributed by atoms with van der Waals surface area (Å²) in [7, 11) is -1.53. The number of hydrogen-bond donors (Lipinski definition) is 0. The summed E-state index contributed by atoms with van der Waals surface area (Å²) in [5.74, 6) is 0.834. The van der Waals surface area contributed by atoms with Crippen LogP contribution in [0.15, 0.2) is 17.2 Å². The Balaban J connectivity index is 2.18. The highest BCUT2D eigenvalue weighted by Crippen LogP contribution is 2.27. The number of aryl methyl sites for hydroxylation is 1. The van der Waals surface area contributed by atoms with Gasteiger partial charge in [-0.05, 0) is 24.8 Å². The molecule has 6 heteroatoms. The molecule has 0 amide bonds. The van der Waals surface area contributed by atoms with Gasteiger partial charge < -0.3 is 4.57 Å². The smallest absolute Gasteiger partial charge is 0.244 e. The third kappa shape index (κ3) is 2.98. The van der Waals surface area contributed by atoms with Crippen LogP contribution in [0.3, 0.4) is 0 Å². The van der Waals surface area contributed by atoms with Crippen molar-refractivity contribution in [3.8, 4) is 0 Å². The number of aromatic nitrogens is 1. The number of halogens is 1. The molecule has 1 aromatic rings. The summed E-state index contributed by atoms with van der Waals surface area (Å²) in [4.78, 5) is 0.364. The summed E-state index contributed by atoms with van der Waals surface area (Å²) in [6, 6.07) is 1.68. The number of rotatable bonds is 5. The first-order valence-corrected chi connectivity index (χ1v) is 8.67. The van der Waals surface area contributed by atoms with Gasteiger partial charge in [0.25, 0.3) is 0 Å². The molecule has 0 bridgehead atoms. The van der Waals surface area contributed by atoms with Crippen molar-refractivity contribution < 1.29 is 8.42 Å². The predicted molar refractivity (Wildman–Crippen MR) is 76.7 cm³/mol. The zero-order valence-electron chi connectivity index (χ0n) is 11.5. The van der Waals surface area contributed by atoms with E-state index in [-0.39, 0.29) is 0 Å². The zero-order chi connectivity index (χ0) is 14.0. The van der Waals surface area contributed by atoms with Gasteiger partial charge in [0.2, 0.25) is 10.0 Å². The molecule has 108 valence electrons. The maximum atomic E-state index is 12.5. The Morgan fingerprint density at radius 3 is 2.79 bits per heavy atom. The van der Waals surface area contributed by atoms with E-state index in [1.54, 1.807) is 21.1 Å². The molecule has 0 aromatic carbocycles. The first-order chi connectivity index (χ1) is 8.98. The highest BCUT2D eigenvalue weighted by atomic mass is 35.5. The third-order valence-corrected chi connectivity index (χ3v) is 5.91. The van der Waals surface area contributed by atoms with Gasteiger partial charge >= 0.3 is 0 Å². The van der Waals surface area contributed by atoms with Gasteiger partial charge in [-0.3, -0.25) is 0 Å². The van der Waals surface area contributed by atoms with Gasteiger partial charge in [-0.1, -0.05) is 13.3 Å². The lowest BCUT2D eigenvalue weighted by molar-refractivity contribution is 0.444.